The second-order valence-corrected chi connectivity index (χ2v) is 8.11. The summed E-state index contributed by atoms with van der Waals surface area (Å²) < 4.78 is 5.25. The highest BCUT2D eigenvalue weighted by Crippen LogP contribution is 2.16. The molecule has 2 amide bonds. The number of carbonyl (C=O) groups excluding carboxylic acids is 2. The predicted molar refractivity (Wildman–Crippen MR) is 121 cm³/mol. The Morgan fingerprint density at radius 1 is 1.06 bits per heavy atom. The Morgan fingerprint density at radius 2 is 1.77 bits per heavy atom. The van der Waals surface area contributed by atoms with Gasteiger partial charge in [-0.1, -0.05) is 44.2 Å². The van der Waals surface area contributed by atoms with Crippen LogP contribution in [0.1, 0.15) is 19.4 Å². The van der Waals surface area contributed by atoms with Crippen molar-refractivity contribution >= 4 is 23.5 Å². The van der Waals surface area contributed by atoms with Crippen LogP contribution in [0.25, 0.3) is 0 Å². The van der Waals surface area contributed by atoms with Crippen molar-refractivity contribution in [2.75, 3.05) is 43.4 Å². The summed E-state index contributed by atoms with van der Waals surface area (Å²) in [7, 11) is 2.11. The van der Waals surface area contributed by atoms with Crippen LogP contribution in [0.3, 0.4) is 0 Å². The number of nitrogens with one attached hydrogen (secondary N) is 2. The molecule has 0 spiro atoms. The molecule has 0 aliphatic carbocycles. The summed E-state index contributed by atoms with van der Waals surface area (Å²) in [6, 6.07) is 12.4. The highest BCUT2D eigenvalue weighted by atomic mass is 16.5. The van der Waals surface area contributed by atoms with Crippen LogP contribution in [0.2, 0.25) is 0 Å². The fourth-order valence-corrected chi connectivity index (χ4v) is 3.33. The number of benzene rings is 1. The van der Waals surface area contributed by atoms with Gasteiger partial charge in [0.2, 0.25) is 5.91 Å². The van der Waals surface area contributed by atoms with Gasteiger partial charge >= 0.3 is 6.09 Å². The van der Waals surface area contributed by atoms with Gasteiger partial charge in [-0.2, -0.15) is 0 Å². The fourth-order valence-electron chi connectivity index (χ4n) is 3.33. The van der Waals surface area contributed by atoms with Gasteiger partial charge in [0.1, 0.15) is 18.5 Å². The summed E-state index contributed by atoms with van der Waals surface area (Å²) in [5.74, 6) is 0.483. The molecule has 0 unspecified atom stereocenters. The predicted octanol–water partition coefficient (Wildman–Crippen LogP) is 2.72. The molecule has 1 aromatic carbocycles. The first-order valence-electron chi connectivity index (χ1n) is 10.6. The van der Waals surface area contributed by atoms with Gasteiger partial charge in [-0.05, 0) is 30.7 Å². The Bertz CT molecular complexity index is 849. The maximum absolute atomic E-state index is 12.8. The zero-order valence-electron chi connectivity index (χ0n) is 18.4. The van der Waals surface area contributed by atoms with Crippen molar-refractivity contribution in [2.45, 2.75) is 26.5 Å². The monoisotopic (exact) mass is 425 g/mol. The molecule has 0 bridgehead atoms. The minimum atomic E-state index is -0.722. The number of carbonyl (C=O) groups is 2. The smallest absolute Gasteiger partial charge is 0.408 e. The van der Waals surface area contributed by atoms with Crippen LogP contribution in [0.4, 0.5) is 16.3 Å². The van der Waals surface area contributed by atoms with E-state index in [1.54, 1.807) is 6.20 Å². The average molecular weight is 426 g/mol. The zero-order chi connectivity index (χ0) is 22.2. The molecule has 1 atom stereocenters. The zero-order valence-corrected chi connectivity index (χ0v) is 18.4. The van der Waals surface area contributed by atoms with Gasteiger partial charge in [0.05, 0.1) is 11.9 Å². The number of pyridine rings is 1. The lowest BCUT2D eigenvalue weighted by molar-refractivity contribution is -0.119. The van der Waals surface area contributed by atoms with Crippen molar-refractivity contribution in [3.05, 3.63) is 54.2 Å². The first-order chi connectivity index (χ1) is 14.9. The maximum Gasteiger partial charge on any atom is 0.408 e. The van der Waals surface area contributed by atoms with Crippen LogP contribution in [0.15, 0.2) is 48.7 Å². The Kier molecular flexibility index (Phi) is 7.83. The van der Waals surface area contributed by atoms with E-state index in [2.05, 4.69) is 32.5 Å². The molecular formula is C23H31N5O3. The fraction of sp³-hybridized carbons (Fsp3) is 0.435. The topological polar surface area (TPSA) is 86.8 Å². The van der Waals surface area contributed by atoms with Crippen LogP contribution in [-0.4, -0.2) is 61.2 Å². The van der Waals surface area contributed by atoms with Crippen LogP contribution < -0.4 is 15.5 Å². The average Bonchev–Trinajstić information content (AvgIpc) is 2.77. The minimum absolute atomic E-state index is 0.109. The second-order valence-electron chi connectivity index (χ2n) is 8.11. The molecule has 0 radical (unpaired) electrons. The number of likely N-dealkylation sites (N-methyl/N-ethyl adjacent to an activating group) is 1. The lowest BCUT2D eigenvalue weighted by Crippen LogP contribution is -2.47. The second kappa shape index (κ2) is 10.8. The minimum Gasteiger partial charge on any atom is -0.445 e. The number of hydrogen-bond acceptors (Lipinski definition) is 6. The number of hydrogen-bond donors (Lipinski definition) is 2. The van der Waals surface area contributed by atoms with E-state index in [1.165, 1.54) is 0 Å². The number of alkyl carbamates (subject to hydrolysis) is 1. The van der Waals surface area contributed by atoms with E-state index >= 15 is 0 Å². The number of piperazine rings is 1. The summed E-state index contributed by atoms with van der Waals surface area (Å²) in [4.78, 5) is 34.0. The van der Waals surface area contributed by atoms with Crippen molar-refractivity contribution in [1.82, 2.24) is 15.2 Å². The van der Waals surface area contributed by atoms with Gasteiger partial charge in [-0.15, -0.1) is 0 Å². The number of ether oxygens (including phenoxy) is 1. The molecule has 1 aromatic heterocycles. The van der Waals surface area contributed by atoms with E-state index in [1.807, 2.05) is 56.3 Å². The van der Waals surface area contributed by atoms with Crippen molar-refractivity contribution in [3.63, 3.8) is 0 Å². The third-order valence-electron chi connectivity index (χ3n) is 5.28. The summed E-state index contributed by atoms with van der Waals surface area (Å²) >= 11 is 0. The highest BCUT2D eigenvalue weighted by molar-refractivity contribution is 5.96. The van der Waals surface area contributed by atoms with Crippen LogP contribution >= 0.6 is 0 Å². The molecule has 166 valence electrons. The van der Waals surface area contributed by atoms with Crippen molar-refractivity contribution < 1.29 is 14.3 Å². The Hall–Kier alpha value is -3.13. The molecule has 8 nitrogen and oxygen atoms in total. The summed E-state index contributed by atoms with van der Waals surface area (Å²) in [5, 5.41) is 5.51. The third kappa shape index (κ3) is 6.68. The first-order valence-corrected chi connectivity index (χ1v) is 10.6. The van der Waals surface area contributed by atoms with Gasteiger partial charge in [-0.3, -0.25) is 4.79 Å². The summed E-state index contributed by atoms with van der Waals surface area (Å²) in [6.45, 7) is 7.76. The normalized spacial score (nSPS) is 15.4. The van der Waals surface area contributed by atoms with E-state index < -0.39 is 12.1 Å². The molecule has 0 saturated carbocycles. The number of rotatable bonds is 7. The van der Waals surface area contributed by atoms with E-state index in [-0.39, 0.29) is 18.4 Å². The van der Waals surface area contributed by atoms with Gasteiger partial charge < -0.3 is 25.2 Å². The van der Waals surface area contributed by atoms with Gasteiger partial charge in [0.25, 0.3) is 0 Å². The van der Waals surface area contributed by atoms with E-state index in [0.29, 0.717) is 5.69 Å². The lowest BCUT2D eigenvalue weighted by atomic mass is 10.0. The molecule has 3 rings (SSSR count). The molecule has 2 heterocycles. The Labute approximate surface area is 183 Å². The van der Waals surface area contributed by atoms with Crippen molar-refractivity contribution in [3.8, 4) is 0 Å². The van der Waals surface area contributed by atoms with Crippen molar-refractivity contribution in [1.29, 1.82) is 0 Å². The molecule has 8 heteroatoms. The number of anilines is 2. The van der Waals surface area contributed by atoms with Gasteiger partial charge in [0, 0.05) is 26.2 Å². The molecular weight excluding hydrogens is 394 g/mol. The quantitative estimate of drug-likeness (QED) is 0.709. The third-order valence-corrected chi connectivity index (χ3v) is 5.28. The number of nitrogens with zero attached hydrogens (tertiary/aromatic N) is 3. The van der Waals surface area contributed by atoms with Crippen LogP contribution in [-0.2, 0) is 16.1 Å². The SMILES string of the molecule is CC(C)[C@H](NC(=O)OCc1ccccc1)C(=O)Nc1ccc(N2CCN(C)CC2)nc1. The first kappa shape index (κ1) is 22.6. The van der Waals surface area contributed by atoms with Gasteiger partial charge in [-0.25, -0.2) is 9.78 Å². The number of amides is 2. The summed E-state index contributed by atoms with van der Waals surface area (Å²) in [6.07, 6.45) is 1.03. The summed E-state index contributed by atoms with van der Waals surface area (Å²) in [5.41, 5.74) is 1.47. The lowest BCUT2D eigenvalue weighted by Gasteiger charge is -2.33. The van der Waals surface area contributed by atoms with Crippen LogP contribution in [0, 0.1) is 5.92 Å². The molecule has 1 fully saturated rings. The highest BCUT2D eigenvalue weighted by Gasteiger charge is 2.25. The molecule has 2 aromatic rings. The number of aromatic nitrogens is 1. The molecule has 1 saturated heterocycles. The van der Waals surface area contributed by atoms with Crippen molar-refractivity contribution in [2.24, 2.45) is 5.92 Å². The van der Waals surface area contributed by atoms with E-state index in [0.717, 1.165) is 37.6 Å². The van der Waals surface area contributed by atoms with E-state index in [4.69, 9.17) is 4.74 Å². The molecule has 31 heavy (non-hydrogen) atoms. The Balaban J connectivity index is 1.53. The standard InChI is InChI=1S/C23H31N5O3/c1-17(2)21(26-23(30)31-16-18-7-5-4-6-8-18)22(29)25-19-9-10-20(24-15-19)28-13-11-27(3)12-14-28/h4-10,15,17,21H,11-14,16H2,1-3H3,(H,25,29)(H,26,30)/t21-/m0/s1. The molecule has 2 N–H and O–H groups in total. The van der Waals surface area contributed by atoms with Gasteiger partial charge in [0.15, 0.2) is 0 Å². The largest absolute Gasteiger partial charge is 0.445 e. The Morgan fingerprint density at radius 3 is 2.39 bits per heavy atom. The maximum atomic E-state index is 12.8. The van der Waals surface area contributed by atoms with Crippen LogP contribution in [0.5, 0.6) is 0 Å². The molecule has 1 aliphatic heterocycles. The molecule has 1 aliphatic rings. The van der Waals surface area contributed by atoms with E-state index in [9.17, 15) is 9.59 Å².